The number of hydrogen-bond acceptors (Lipinski definition) is 3. The highest BCUT2D eigenvalue weighted by Crippen LogP contribution is 2.26. The van der Waals surface area contributed by atoms with E-state index in [-0.39, 0.29) is 18.2 Å². The van der Waals surface area contributed by atoms with Crippen molar-refractivity contribution in [3.8, 4) is 16.9 Å². The summed E-state index contributed by atoms with van der Waals surface area (Å²) in [5.74, 6) is -0.109. The molecule has 3 rings (SSSR count). The average Bonchev–Trinajstić information content (AvgIpc) is 2.96. The van der Waals surface area contributed by atoms with E-state index in [4.69, 9.17) is 10.5 Å². The number of hydrogen-bond donors (Lipinski definition) is 1. The number of anilines is 1. The monoisotopic (exact) mass is 365 g/mol. The molecule has 0 amide bonds. The summed E-state index contributed by atoms with van der Waals surface area (Å²) in [7, 11) is 0. The Kier molecular flexibility index (Phi) is 4.94. The van der Waals surface area contributed by atoms with Crippen LogP contribution in [-0.4, -0.2) is 22.6 Å². The Balaban J connectivity index is 1.88. The molecular weight excluding hydrogens is 350 g/mol. The summed E-state index contributed by atoms with van der Waals surface area (Å²) in [5.41, 5.74) is 8.32. The average molecular weight is 365 g/mol. The van der Waals surface area contributed by atoms with Crippen LogP contribution in [0.1, 0.15) is 5.56 Å². The largest absolute Gasteiger partial charge is 0.411 e. The molecule has 0 bridgehead atoms. The zero-order valence-electron chi connectivity index (χ0n) is 13.5. The summed E-state index contributed by atoms with van der Waals surface area (Å²) in [6.07, 6.45) is -4.37. The van der Waals surface area contributed by atoms with E-state index in [1.807, 2.05) is 0 Å². The number of nitrogen functional groups attached to an aromatic ring is 1. The third-order valence-corrected chi connectivity index (χ3v) is 3.56. The number of rotatable bonds is 5. The van der Waals surface area contributed by atoms with Crippen LogP contribution in [0, 0.1) is 5.82 Å². The van der Waals surface area contributed by atoms with Crippen LogP contribution in [0.2, 0.25) is 0 Å². The Labute approximate surface area is 146 Å². The van der Waals surface area contributed by atoms with E-state index in [0.717, 1.165) is 0 Å². The second kappa shape index (κ2) is 7.17. The van der Waals surface area contributed by atoms with Gasteiger partial charge in [0.25, 0.3) is 0 Å². The first kappa shape index (κ1) is 17.9. The molecule has 0 aliphatic carbocycles. The molecule has 0 unspecified atom stereocenters. The van der Waals surface area contributed by atoms with Crippen LogP contribution in [0.5, 0.6) is 0 Å². The molecule has 3 aromatic rings. The fourth-order valence-corrected chi connectivity index (χ4v) is 2.49. The van der Waals surface area contributed by atoms with Gasteiger partial charge in [-0.3, -0.25) is 0 Å². The van der Waals surface area contributed by atoms with E-state index in [1.165, 1.54) is 12.1 Å². The van der Waals surface area contributed by atoms with Gasteiger partial charge in [0.05, 0.1) is 18.0 Å². The summed E-state index contributed by atoms with van der Waals surface area (Å²) < 4.78 is 56.0. The lowest BCUT2D eigenvalue weighted by molar-refractivity contribution is -0.176. The van der Waals surface area contributed by atoms with Crippen LogP contribution in [-0.2, 0) is 11.3 Å². The molecule has 0 spiro atoms. The first-order valence-corrected chi connectivity index (χ1v) is 7.67. The molecule has 2 N–H and O–H groups in total. The molecular formula is C18H15F4N3O. The van der Waals surface area contributed by atoms with Gasteiger partial charge in [-0.15, -0.1) is 0 Å². The summed E-state index contributed by atoms with van der Waals surface area (Å²) in [6.45, 7) is -1.48. The van der Waals surface area contributed by atoms with Crippen molar-refractivity contribution in [1.29, 1.82) is 0 Å². The number of nitrogens with zero attached hydrogens (tertiary/aromatic N) is 2. The molecule has 26 heavy (non-hydrogen) atoms. The van der Waals surface area contributed by atoms with E-state index in [9.17, 15) is 17.6 Å². The van der Waals surface area contributed by atoms with Gasteiger partial charge in [0, 0.05) is 11.6 Å². The normalized spacial score (nSPS) is 11.7. The minimum Gasteiger partial charge on any atom is -0.382 e. The predicted octanol–water partition coefficient (Wildman–Crippen LogP) is 4.34. The Hall–Kier alpha value is -2.87. The molecule has 4 nitrogen and oxygen atoms in total. The molecule has 1 aromatic heterocycles. The van der Waals surface area contributed by atoms with Crippen molar-refractivity contribution in [3.05, 3.63) is 66.0 Å². The van der Waals surface area contributed by atoms with Crippen LogP contribution in [0.25, 0.3) is 16.9 Å². The molecule has 1 heterocycles. The quantitative estimate of drug-likeness (QED) is 0.685. The minimum absolute atomic E-state index is 0.173. The number of ether oxygens (including phenoxy) is 1. The molecule has 0 atom stereocenters. The second-order valence-corrected chi connectivity index (χ2v) is 5.65. The molecule has 0 saturated carbocycles. The maximum Gasteiger partial charge on any atom is 0.411 e. The first-order valence-electron chi connectivity index (χ1n) is 7.67. The minimum atomic E-state index is -4.37. The molecule has 2 aromatic carbocycles. The predicted molar refractivity (Wildman–Crippen MR) is 89.1 cm³/mol. The van der Waals surface area contributed by atoms with Gasteiger partial charge >= 0.3 is 6.18 Å². The highest BCUT2D eigenvalue weighted by molar-refractivity contribution is 5.66. The van der Waals surface area contributed by atoms with E-state index in [0.29, 0.717) is 22.5 Å². The summed E-state index contributed by atoms with van der Waals surface area (Å²) >= 11 is 0. The maximum atomic E-state index is 13.1. The Morgan fingerprint density at radius 1 is 1.04 bits per heavy atom. The van der Waals surface area contributed by atoms with E-state index in [1.54, 1.807) is 47.1 Å². The smallest absolute Gasteiger partial charge is 0.382 e. The zero-order chi connectivity index (χ0) is 18.7. The van der Waals surface area contributed by atoms with Crippen LogP contribution in [0.3, 0.4) is 0 Å². The SMILES string of the molecule is Nc1cc(-c2cccc(COCC(F)(F)F)c2)n(-c2ccc(F)cc2)n1. The van der Waals surface area contributed by atoms with Crippen molar-refractivity contribution in [1.82, 2.24) is 9.78 Å². The third kappa shape index (κ3) is 4.40. The van der Waals surface area contributed by atoms with Crippen LogP contribution in [0.15, 0.2) is 54.6 Å². The molecule has 0 aliphatic rings. The van der Waals surface area contributed by atoms with Crippen molar-refractivity contribution in [3.63, 3.8) is 0 Å². The van der Waals surface area contributed by atoms with E-state index in [2.05, 4.69) is 5.10 Å². The third-order valence-electron chi connectivity index (χ3n) is 3.56. The number of benzene rings is 2. The van der Waals surface area contributed by atoms with Crippen molar-refractivity contribution in [2.45, 2.75) is 12.8 Å². The molecule has 0 aliphatic heterocycles. The molecule has 0 saturated heterocycles. The van der Waals surface area contributed by atoms with Crippen LogP contribution >= 0.6 is 0 Å². The van der Waals surface area contributed by atoms with Crippen molar-refractivity contribution >= 4 is 5.82 Å². The van der Waals surface area contributed by atoms with Gasteiger partial charge in [0.2, 0.25) is 0 Å². The second-order valence-electron chi connectivity index (χ2n) is 5.65. The lowest BCUT2D eigenvalue weighted by Crippen LogP contribution is -2.16. The van der Waals surface area contributed by atoms with Crippen molar-refractivity contribution < 1.29 is 22.3 Å². The summed E-state index contributed by atoms with van der Waals surface area (Å²) in [6, 6.07) is 14.2. The van der Waals surface area contributed by atoms with Gasteiger partial charge in [-0.05, 0) is 35.9 Å². The molecule has 0 radical (unpaired) electrons. The number of alkyl halides is 3. The molecule has 136 valence electrons. The van der Waals surface area contributed by atoms with Gasteiger partial charge in [0.1, 0.15) is 18.2 Å². The lowest BCUT2D eigenvalue weighted by atomic mass is 10.1. The van der Waals surface area contributed by atoms with E-state index < -0.39 is 12.8 Å². The molecule has 8 heteroatoms. The van der Waals surface area contributed by atoms with Gasteiger partial charge in [-0.25, -0.2) is 9.07 Å². The van der Waals surface area contributed by atoms with Gasteiger partial charge in [-0.2, -0.15) is 18.3 Å². The lowest BCUT2D eigenvalue weighted by Gasteiger charge is -2.10. The summed E-state index contributed by atoms with van der Waals surface area (Å²) in [5, 5.41) is 4.20. The molecule has 0 fully saturated rings. The number of halogens is 4. The Bertz CT molecular complexity index is 888. The van der Waals surface area contributed by atoms with Gasteiger partial charge < -0.3 is 10.5 Å². The zero-order valence-corrected chi connectivity index (χ0v) is 13.5. The number of nitrogens with two attached hydrogens (primary N) is 1. The number of aromatic nitrogens is 2. The van der Waals surface area contributed by atoms with E-state index >= 15 is 0 Å². The highest BCUT2D eigenvalue weighted by atomic mass is 19.4. The first-order chi connectivity index (χ1) is 12.3. The topological polar surface area (TPSA) is 53.1 Å². The Morgan fingerprint density at radius 2 is 1.77 bits per heavy atom. The maximum absolute atomic E-state index is 13.1. The fraction of sp³-hybridized carbons (Fsp3) is 0.167. The summed E-state index contributed by atoms with van der Waals surface area (Å²) in [4.78, 5) is 0. The standard InChI is InChI=1S/C18H15F4N3O/c19-14-4-6-15(7-5-14)25-16(9-17(23)24-25)13-3-1-2-12(8-13)10-26-11-18(20,21)22/h1-9H,10-11H2,(H2,23,24). The van der Waals surface area contributed by atoms with Crippen LogP contribution in [0.4, 0.5) is 23.4 Å². The van der Waals surface area contributed by atoms with Gasteiger partial charge in [0.15, 0.2) is 0 Å². The van der Waals surface area contributed by atoms with Crippen LogP contribution < -0.4 is 5.73 Å². The Morgan fingerprint density at radius 3 is 2.46 bits per heavy atom. The highest BCUT2D eigenvalue weighted by Gasteiger charge is 2.27. The van der Waals surface area contributed by atoms with Gasteiger partial charge in [-0.1, -0.05) is 18.2 Å². The fourth-order valence-electron chi connectivity index (χ4n) is 2.49. The van der Waals surface area contributed by atoms with Crippen molar-refractivity contribution in [2.24, 2.45) is 0 Å². The van der Waals surface area contributed by atoms with Crippen molar-refractivity contribution in [2.75, 3.05) is 12.3 Å².